The van der Waals surface area contributed by atoms with Crippen LogP contribution in [0.1, 0.15) is 90.3 Å². The largest absolute Gasteiger partial charge is 0.339 e. The van der Waals surface area contributed by atoms with Crippen LogP contribution in [0.5, 0.6) is 0 Å². The molecular formula is C17H31N3O. The number of nitrogens with one attached hydrogen (secondary N) is 1. The van der Waals surface area contributed by atoms with E-state index >= 15 is 0 Å². The Labute approximate surface area is 129 Å². The van der Waals surface area contributed by atoms with Gasteiger partial charge in [0.05, 0.1) is 5.92 Å². The molecule has 0 saturated heterocycles. The molecule has 0 spiro atoms. The zero-order chi connectivity index (χ0) is 15.5. The maximum absolute atomic E-state index is 5.56. The van der Waals surface area contributed by atoms with Crippen LogP contribution in [0.3, 0.4) is 0 Å². The second-order valence-corrected chi connectivity index (χ2v) is 7.29. The second kappa shape index (κ2) is 6.91. The van der Waals surface area contributed by atoms with Gasteiger partial charge in [-0.15, -0.1) is 0 Å². The summed E-state index contributed by atoms with van der Waals surface area (Å²) in [5.74, 6) is 2.49. The van der Waals surface area contributed by atoms with E-state index in [9.17, 15) is 0 Å². The van der Waals surface area contributed by atoms with Crippen molar-refractivity contribution in [2.24, 2.45) is 5.41 Å². The number of hydrogen-bond donors (Lipinski definition) is 1. The number of aromatic nitrogens is 2. The minimum Gasteiger partial charge on any atom is -0.339 e. The normalized spacial score (nSPS) is 22.1. The predicted molar refractivity (Wildman–Crippen MR) is 85.5 cm³/mol. The third kappa shape index (κ3) is 4.06. The molecule has 0 amide bonds. The van der Waals surface area contributed by atoms with E-state index in [1.54, 1.807) is 0 Å². The standard InChI is InChI=1S/C17H31N3O/c1-6-14(18-7-2)12(3)16-19-15(20-21-16)13-8-10-17(4,5)11-9-13/h12-14,18H,6-11H2,1-5H3. The lowest BCUT2D eigenvalue weighted by Gasteiger charge is -2.32. The fraction of sp³-hybridized carbons (Fsp3) is 0.882. The number of rotatable bonds is 6. The second-order valence-electron chi connectivity index (χ2n) is 7.29. The minimum absolute atomic E-state index is 0.274. The van der Waals surface area contributed by atoms with Crippen LogP contribution in [0.2, 0.25) is 0 Å². The van der Waals surface area contributed by atoms with E-state index in [4.69, 9.17) is 9.51 Å². The predicted octanol–water partition coefficient (Wildman–Crippen LogP) is 4.25. The van der Waals surface area contributed by atoms with Gasteiger partial charge in [-0.25, -0.2) is 0 Å². The molecule has 0 aliphatic heterocycles. The SMILES string of the molecule is CCNC(CC)C(C)c1nc(C2CCC(C)(C)CC2)no1. The average Bonchev–Trinajstić information content (AvgIpc) is 2.93. The fourth-order valence-corrected chi connectivity index (χ4v) is 3.36. The highest BCUT2D eigenvalue weighted by atomic mass is 16.5. The summed E-state index contributed by atoms with van der Waals surface area (Å²) >= 11 is 0. The Morgan fingerprint density at radius 3 is 2.52 bits per heavy atom. The molecular weight excluding hydrogens is 262 g/mol. The molecule has 1 saturated carbocycles. The molecule has 1 aromatic heterocycles. The lowest BCUT2D eigenvalue weighted by atomic mass is 9.73. The smallest absolute Gasteiger partial charge is 0.231 e. The summed E-state index contributed by atoms with van der Waals surface area (Å²) in [6.45, 7) is 12.2. The molecule has 1 aromatic rings. The minimum atomic E-state index is 0.274. The first-order chi connectivity index (χ1) is 9.96. The molecule has 0 bridgehead atoms. The van der Waals surface area contributed by atoms with Gasteiger partial charge in [0.2, 0.25) is 5.89 Å². The Balaban J connectivity index is 2.01. The molecule has 2 unspecified atom stereocenters. The van der Waals surface area contributed by atoms with Gasteiger partial charge in [-0.3, -0.25) is 0 Å². The van der Waals surface area contributed by atoms with Crippen molar-refractivity contribution in [3.63, 3.8) is 0 Å². The van der Waals surface area contributed by atoms with Gasteiger partial charge in [-0.2, -0.15) is 4.98 Å². The zero-order valence-electron chi connectivity index (χ0n) is 14.3. The highest BCUT2D eigenvalue weighted by molar-refractivity contribution is 5.03. The summed E-state index contributed by atoms with van der Waals surface area (Å²) in [5, 5.41) is 7.77. The van der Waals surface area contributed by atoms with Gasteiger partial charge in [0.15, 0.2) is 5.82 Å². The molecule has 2 atom stereocenters. The van der Waals surface area contributed by atoms with Crippen molar-refractivity contribution < 1.29 is 4.52 Å². The van der Waals surface area contributed by atoms with Crippen molar-refractivity contribution in [3.8, 4) is 0 Å². The van der Waals surface area contributed by atoms with Crippen LogP contribution >= 0.6 is 0 Å². The third-order valence-electron chi connectivity index (χ3n) is 5.06. The molecule has 1 heterocycles. The number of nitrogens with zero attached hydrogens (tertiary/aromatic N) is 2. The fourth-order valence-electron chi connectivity index (χ4n) is 3.36. The summed E-state index contributed by atoms with van der Waals surface area (Å²) in [7, 11) is 0. The van der Waals surface area contributed by atoms with Crippen LogP contribution < -0.4 is 5.32 Å². The van der Waals surface area contributed by atoms with Gasteiger partial charge in [0.25, 0.3) is 0 Å². The molecule has 2 rings (SSSR count). The van der Waals surface area contributed by atoms with E-state index in [1.165, 1.54) is 25.7 Å². The molecule has 1 fully saturated rings. The average molecular weight is 293 g/mol. The van der Waals surface area contributed by atoms with Gasteiger partial charge >= 0.3 is 0 Å². The highest BCUT2D eigenvalue weighted by Gasteiger charge is 2.31. The summed E-state index contributed by atoms with van der Waals surface area (Å²) < 4.78 is 5.56. The third-order valence-corrected chi connectivity index (χ3v) is 5.06. The maximum atomic E-state index is 5.56. The summed E-state index contributed by atoms with van der Waals surface area (Å²) in [4.78, 5) is 4.71. The van der Waals surface area contributed by atoms with Crippen molar-refractivity contribution in [2.45, 2.75) is 84.6 Å². The Morgan fingerprint density at radius 1 is 1.29 bits per heavy atom. The zero-order valence-corrected chi connectivity index (χ0v) is 14.3. The molecule has 1 aliphatic carbocycles. The van der Waals surface area contributed by atoms with Crippen molar-refractivity contribution in [3.05, 3.63) is 11.7 Å². The molecule has 0 aromatic carbocycles. The Bertz CT molecular complexity index is 431. The van der Waals surface area contributed by atoms with E-state index in [2.05, 4.69) is 45.1 Å². The van der Waals surface area contributed by atoms with Gasteiger partial charge in [-0.1, -0.05) is 39.8 Å². The molecule has 21 heavy (non-hydrogen) atoms. The van der Waals surface area contributed by atoms with Crippen LogP contribution in [0.15, 0.2) is 4.52 Å². The van der Waals surface area contributed by atoms with E-state index < -0.39 is 0 Å². The van der Waals surface area contributed by atoms with Crippen molar-refractivity contribution in [2.75, 3.05) is 6.54 Å². The number of hydrogen-bond acceptors (Lipinski definition) is 4. The van der Waals surface area contributed by atoms with Crippen LogP contribution in [0, 0.1) is 5.41 Å². The van der Waals surface area contributed by atoms with E-state index in [0.717, 1.165) is 24.7 Å². The van der Waals surface area contributed by atoms with Gasteiger partial charge < -0.3 is 9.84 Å². The Morgan fingerprint density at radius 2 is 1.95 bits per heavy atom. The summed E-state index contributed by atoms with van der Waals surface area (Å²) in [6.07, 6.45) is 5.96. The van der Waals surface area contributed by atoms with Crippen LogP contribution in [-0.4, -0.2) is 22.7 Å². The lowest BCUT2D eigenvalue weighted by molar-refractivity contribution is 0.218. The van der Waals surface area contributed by atoms with Gasteiger partial charge in [0, 0.05) is 12.0 Å². The molecule has 0 radical (unpaired) electrons. The van der Waals surface area contributed by atoms with Crippen molar-refractivity contribution in [1.29, 1.82) is 0 Å². The Hall–Kier alpha value is -0.900. The summed E-state index contributed by atoms with van der Waals surface area (Å²) in [5.41, 5.74) is 0.481. The lowest BCUT2D eigenvalue weighted by Crippen LogP contribution is -2.33. The van der Waals surface area contributed by atoms with Crippen molar-refractivity contribution in [1.82, 2.24) is 15.5 Å². The monoisotopic (exact) mass is 293 g/mol. The first-order valence-electron chi connectivity index (χ1n) is 8.53. The van der Waals surface area contributed by atoms with Gasteiger partial charge in [0.1, 0.15) is 0 Å². The summed E-state index contributed by atoms with van der Waals surface area (Å²) in [6, 6.07) is 0.411. The molecule has 4 nitrogen and oxygen atoms in total. The first-order valence-corrected chi connectivity index (χ1v) is 8.53. The van der Waals surface area contributed by atoms with Gasteiger partial charge in [-0.05, 0) is 44.1 Å². The molecule has 1 aliphatic rings. The maximum Gasteiger partial charge on any atom is 0.231 e. The quantitative estimate of drug-likeness (QED) is 0.852. The molecule has 4 heteroatoms. The van der Waals surface area contributed by atoms with Crippen LogP contribution in [0.25, 0.3) is 0 Å². The molecule has 120 valence electrons. The van der Waals surface area contributed by atoms with Crippen LogP contribution in [-0.2, 0) is 0 Å². The first kappa shape index (κ1) is 16.5. The highest BCUT2D eigenvalue weighted by Crippen LogP contribution is 2.41. The number of likely N-dealkylation sites (N-methyl/N-ethyl adjacent to an activating group) is 1. The van der Waals surface area contributed by atoms with Crippen molar-refractivity contribution >= 4 is 0 Å². The molecule has 1 N–H and O–H groups in total. The topological polar surface area (TPSA) is 51.0 Å². The van der Waals surface area contributed by atoms with Crippen LogP contribution in [0.4, 0.5) is 0 Å². The Kier molecular flexibility index (Phi) is 5.42. The van der Waals surface area contributed by atoms with E-state index in [0.29, 0.717) is 17.4 Å². The van der Waals surface area contributed by atoms with E-state index in [1.807, 2.05) is 0 Å². The van der Waals surface area contributed by atoms with E-state index in [-0.39, 0.29) is 5.92 Å².